The number of halogens is 1. The second-order valence-corrected chi connectivity index (χ2v) is 10.3. The Balaban J connectivity index is 0.000000206. The van der Waals surface area contributed by atoms with Crippen LogP contribution in [0.2, 0.25) is 5.02 Å². The number of imidazole rings is 1. The number of nitrogens with one attached hydrogen (secondary N) is 2. The highest BCUT2D eigenvalue weighted by Gasteiger charge is 2.20. The molecular weight excluding hydrogens is 530 g/mol. The summed E-state index contributed by atoms with van der Waals surface area (Å²) in [6, 6.07) is 7.62. The first kappa shape index (κ1) is 31.4. The van der Waals surface area contributed by atoms with Crippen LogP contribution in [0.4, 0.5) is 5.69 Å². The van der Waals surface area contributed by atoms with Gasteiger partial charge in [-0.2, -0.15) is 5.10 Å². The third kappa shape index (κ3) is 8.94. The zero-order valence-electron chi connectivity index (χ0n) is 23.4. The first-order valence-corrected chi connectivity index (χ1v) is 14.5. The average molecular weight is 572 g/mol. The van der Waals surface area contributed by atoms with Gasteiger partial charge in [0.25, 0.3) is 5.56 Å². The lowest BCUT2D eigenvalue weighted by molar-refractivity contribution is 0.0595. The maximum absolute atomic E-state index is 12.4. The quantitative estimate of drug-likeness (QED) is 0.331. The normalized spacial score (nSPS) is 17.5. The van der Waals surface area contributed by atoms with E-state index in [2.05, 4.69) is 22.0 Å². The largest absolute Gasteiger partial charge is 0.395 e. The highest BCUT2D eigenvalue weighted by atomic mass is 35.5. The molecule has 5 rings (SSSR count). The van der Waals surface area contributed by atoms with Gasteiger partial charge < -0.3 is 20.1 Å². The molecule has 0 radical (unpaired) electrons. The Kier molecular flexibility index (Phi) is 13.2. The molecule has 3 N–H and O–H groups in total. The number of aliphatic hydroxyl groups is 1. The van der Waals surface area contributed by atoms with Crippen molar-refractivity contribution in [3.63, 3.8) is 0 Å². The predicted octanol–water partition coefficient (Wildman–Crippen LogP) is 5.31. The first-order valence-electron chi connectivity index (χ1n) is 14.1. The summed E-state index contributed by atoms with van der Waals surface area (Å²) in [4.78, 5) is 26.5. The number of ether oxygens (including phenoxy) is 1. The van der Waals surface area contributed by atoms with Crippen molar-refractivity contribution >= 4 is 28.3 Å². The van der Waals surface area contributed by atoms with Crippen molar-refractivity contribution in [1.29, 1.82) is 0 Å². The van der Waals surface area contributed by atoms with Crippen molar-refractivity contribution < 1.29 is 9.84 Å². The van der Waals surface area contributed by atoms with E-state index in [9.17, 15) is 9.59 Å². The molecule has 9 nitrogen and oxygen atoms in total. The van der Waals surface area contributed by atoms with Crippen LogP contribution in [0.1, 0.15) is 57.9 Å². The lowest BCUT2D eigenvalue weighted by atomic mass is 9.96. The molecule has 10 heteroatoms. The van der Waals surface area contributed by atoms with Gasteiger partial charge in [-0.15, -0.1) is 0 Å². The number of allylic oxidation sites excluding steroid dienone is 3. The van der Waals surface area contributed by atoms with E-state index >= 15 is 0 Å². The van der Waals surface area contributed by atoms with Crippen LogP contribution in [0.5, 0.6) is 0 Å². The number of fused-ring (bicyclic) bond motifs is 1. The maximum atomic E-state index is 12.4. The van der Waals surface area contributed by atoms with Gasteiger partial charge in [0.1, 0.15) is 5.02 Å². The first-order chi connectivity index (χ1) is 19.5. The minimum Gasteiger partial charge on any atom is -0.395 e. The van der Waals surface area contributed by atoms with Crippen LogP contribution in [-0.2, 0) is 11.3 Å². The lowest BCUT2D eigenvalue weighted by Gasteiger charge is -2.24. The number of nitrogens with zero attached hydrogens (tertiary/aromatic N) is 3. The van der Waals surface area contributed by atoms with Crippen LogP contribution < -0.4 is 16.6 Å². The van der Waals surface area contributed by atoms with E-state index in [-0.39, 0.29) is 28.9 Å². The molecule has 0 amide bonds. The van der Waals surface area contributed by atoms with Gasteiger partial charge in [0.2, 0.25) is 0 Å². The third-order valence-electron chi connectivity index (χ3n) is 7.03. The number of hydrogen-bond acceptors (Lipinski definition) is 6. The number of aromatic nitrogens is 4. The van der Waals surface area contributed by atoms with Crippen LogP contribution in [0.3, 0.4) is 0 Å². The highest BCUT2D eigenvalue weighted by molar-refractivity contribution is 6.32. The van der Waals surface area contributed by atoms with E-state index < -0.39 is 0 Å². The minimum atomic E-state index is -0.171. The second-order valence-electron chi connectivity index (χ2n) is 9.96. The summed E-state index contributed by atoms with van der Waals surface area (Å²) in [5.41, 5.74) is 1.94. The van der Waals surface area contributed by atoms with E-state index in [0.717, 1.165) is 69.3 Å². The Hall–Kier alpha value is -3.14. The summed E-state index contributed by atoms with van der Waals surface area (Å²) in [6.07, 6.45) is 15.1. The van der Waals surface area contributed by atoms with Crippen molar-refractivity contribution in [2.45, 2.75) is 64.5 Å². The lowest BCUT2D eigenvalue weighted by Crippen LogP contribution is -2.30. The molecule has 3 heterocycles. The number of benzene rings is 1. The fourth-order valence-corrected chi connectivity index (χ4v) is 5.14. The molecule has 2 aliphatic rings. The van der Waals surface area contributed by atoms with Crippen LogP contribution in [0.15, 0.2) is 64.9 Å². The van der Waals surface area contributed by atoms with Crippen LogP contribution in [-0.4, -0.2) is 50.8 Å². The molecule has 1 atom stereocenters. The number of H-pyrrole nitrogens is 1. The van der Waals surface area contributed by atoms with E-state index in [0.29, 0.717) is 18.2 Å². The Morgan fingerprint density at radius 3 is 2.62 bits per heavy atom. The van der Waals surface area contributed by atoms with Crippen LogP contribution >= 0.6 is 11.6 Å². The molecule has 1 aliphatic carbocycles. The van der Waals surface area contributed by atoms with Gasteiger partial charge in [0, 0.05) is 13.2 Å². The average Bonchev–Trinajstić information content (AvgIpc) is 3.31. The van der Waals surface area contributed by atoms with Crippen LogP contribution in [0, 0.1) is 5.92 Å². The fourth-order valence-electron chi connectivity index (χ4n) is 4.94. The van der Waals surface area contributed by atoms with Gasteiger partial charge in [-0.25, -0.2) is 9.48 Å². The summed E-state index contributed by atoms with van der Waals surface area (Å²) < 4.78 is 8.57. The number of aliphatic hydroxyl groups excluding tert-OH is 1. The SMILES string of the molecule is C=C/C=C\C.O=c1[nH]c2ccccc2n1CCO.O=c1c(Cl)c(NCC2CCCOC2)cnn1C1CCCCC1. The van der Waals surface area contributed by atoms with Gasteiger partial charge >= 0.3 is 5.69 Å². The van der Waals surface area contributed by atoms with Gasteiger partial charge in [-0.05, 0) is 50.7 Å². The van der Waals surface area contributed by atoms with Crippen LogP contribution in [0.25, 0.3) is 11.0 Å². The van der Waals surface area contributed by atoms with E-state index in [1.165, 1.54) is 11.0 Å². The second kappa shape index (κ2) is 16.8. The summed E-state index contributed by atoms with van der Waals surface area (Å²) in [5.74, 6) is 0.477. The molecule has 1 unspecified atom stereocenters. The molecule has 1 aromatic carbocycles. The molecule has 1 saturated heterocycles. The molecule has 218 valence electrons. The number of rotatable bonds is 7. The smallest absolute Gasteiger partial charge is 0.326 e. The molecule has 3 aromatic rings. The molecule has 0 spiro atoms. The molecule has 0 bridgehead atoms. The molecule has 2 fully saturated rings. The van der Waals surface area contributed by atoms with E-state index in [4.69, 9.17) is 21.4 Å². The molecule has 2 aromatic heterocycles. The van der Waals surface area contributed by atoms with Crippen molar-refractivity contribution in [1.82, 2.24) is 19.3 Å². The standard InChI is InChI=1S/C16H24ClN3O2.C9H10N2O2.C5H8/c17-15-14(18-9-12-5-4-8-22-11-12)10-19-20(16(15)21)13-6-2-1-3-7-13;12-6-5-11-8-4-2-1-3-7(8)10-9(11)13;1-3-5-4-2/h10,12-13,18H,1-9,11H2;1-4,12H,5-6H2,(H,10,13);3-5H,1H2,2H3/b;;5-4-. The minimum absolute atomic E-state index is 0.0260. The summed E-state index contributed by atoms with van der Waals surface area (Å²) >= 11 is 6.27. The van der Waals surface area contributed by atoms with Crippen molar-refractivity contribution in [3.8, 4) is 0 Å². The molecule has 1 saturated carbocycles. The van der Waals surface area contributed by atoms with Gasteiger partial charge in [0.15, 0.2) is 0 Å². The maximum Gasteiger partial charge on any atom is 0.326 e. The highest BCUT2D eigenvalue weighted by Crippen LogP contribution is 2.27. The Bertz CT molecular complexity index is 1330. The zero-order valence-corrected chi connectivity index (χ0v) is 24.1. The number of hydrogen-bond donors (Lipinski definition) is 3. The number of aromatic amines is 1. The monoisotopic (exact) mass is 571 g/mol. The van der Waals surface area contributed by atoms with E-state index in [1.807, 2.05) is 43.3 Å². The van der Waals surface area contributed by atoms with Gasteiger partial charge in [-0.3, -0.25) is 9.36 Å². The van der Waals surface area contributed by atoms with Crippen molar-refractivity contribution in [3.05, 3.63) is 81.1 Å². The van der Waals surface area contributed by atoms with E-state index in [1.54, 1.807) is 17.0 Å². The topological polar surface area (TPSA) is 114 Å². The zero-order chi connectivity index (χ0) is 28.7. The Morgan fingerprint density at radius 2 is 1.98 bits per heavy atom. The van der Waals surface area contributed by atoms with Gasteiger partial charge in [0.05, 0.1) is 48.7 Å². The summed E-state index contributed by atoms with van der Waals surface area (Å²) in [6.45, 7) is 8.14. The Morgan fingerprint density at radius 1 is 1.20 bits per heavy atom. The molecule has 40 heavy (non-hydrogen) atoms. The fraction of sp³-hybridized carbons (Fsp3) is 0.500. The molecule has 1 aliphatic heterocycles. The predicted molar refractivity (Wildman–Crippen MR) is 162 cm³/mol. The summed E-state index contributed by atoms with van der Waals surface area (Å²) in [5, 5.41) is 16.6. The summed E-state index contributed by atoms with van der Waals surface area (Å²) in [7, 11) is 0. The third-order valence-corrected chi connectivity index (χ3v) is 7.40. The number of anilines is 1. The van der Waals surface area contributed by atoms with Crippen molar-refractivity contribution in [2.24, 2.45) is 5.92 Å². The molecular formula is C30H42ClN5O4. The number of para-hydroxylation sites is 2. The van der Waals surface area contributed by atoms with Gasteiger partial charge in [-0.1, -0.05) is 67.8 Å². The Labute approximate surface area is 240 Å². The van der Waals surface area contributed by atoms with Crippen molar-refractivity contribution in [2.75, 3.05) is 31.7 Å².